The minimum absolute atomic E-state index is 0. The van der Waals surface area contributed by atoms with E-state index in [1.807, 2.05) is 42.9 Å². The van der Waals surface area contributed by atoms with Crippen LogP contribution in [0, 0.1) is 12.1 Å². The Morgan fingerprint density at radius 2 is 1.15 bits per heavy atom. The van der Waals surface area contributed by atoms with Crippen LogP contribution in [0.15, 0.2) is 146 Å². The van der Waals surface area contributed by atoms with E-state index in [2.05, 4.69) is 129 Å². The number of para-hydroxylation sites is 1. The Bertz CT molecular complexity index is 2820. The minimum Gasteiger partial charge on any atom is -0.497 e. The zero-order valence-electron chi connectivity index (χ0n) is 25.4. The SMILES string of the molecule is [Pt+2].[c-]1c(Oc2[c-]c3c(cc2)c2ccc(-c4ccccc4)cc2n2c(-c4ccccc4)cnc32)ccc2c1c1nccn1c1ccccc21. The summed E-state index contributed by atoms with van der Waals surface area (Å²) in [6, 6.07) is 51.2. The van der Waals surface area contributed by atoms with Crippen LogP contribution in [-0.4, -0.2) is 18.8 Å². The number of aromatic nitrogens is 4. The predicted octanol–water partition coefficient (Wildman–Crippen LogP) is 10.3. The quantitative estimate of drug-likeness (QED) is 0.132. The van der Waals surface area contributed by atoms with E-state index >= 15 is 0 Å². The third kappa shape index (κ3) is 4.35. The van der Waals surface area contributed by atoms with Crippen molar-refractivity contribution in [2.75, 3.05) is 0 Å². The molecule has 228 valence electrons. The van der Waals surface area contributed by atoms with Gasteiger partial charge < -0.3 is 13.5 Å². The second-order valence-corrected chi connectivity index (χ2v) is 11.7. The van der Waals surface area contributed by atoms with Crippen molar-refractivity contribution in [2.45, 2.75) is 0 Å². The van der Waals surface area contributed by atoms with E-state index in [4.69, 9.17) is 9.72 Å². The summed E-state index contributed by atoms with van der Waals surface area (Å²) in [5.41, 5.74) is 8.33. The van der Waals surface area contributed by atoms with E-state index in [1.54, 1.807) is 0 Å². The van der Waals surface area contributed by atoms with Gasteiger partial charge >= 0.3 is 21.1 Å². The summed E-state index contributed by atoms with van der Waals surface area (Å²) in [4.78, 5) is 9.64. The monoisotopic (exact) mass is 795 g/mol. The van der Waals surface area contributed by atoms with Crippen LogP contribution < -0.4 is 4.74 Å². The van der Waals surface area contributed by atoms with Crippen LogP contribution in [0.4, 0.5) is 0 Å². The van der Waals surface area contributed by atoms with Crippen molar-refractivity contribution < 1.29 is 25.8 Å². The van der Waals surface area contributed by atoms with E-state index in [0.717, 1.165) is 71.5 Å². The Morgan fingerprint density at radius 3 is 1.90 bits per heavy atom. The van der Waals surface area contributed by atoms with Gasteiger partial charge in [-0.1, -0.05) is 137 Å². The average Bonchev–Trinajstić information content (AvgIpc) is 3.82. The molecule has 0 unspecified atom stereocenters. The Hall–Kier alpha value is -5.77. The number of ether oxygens (including phenoxy) is 1. The molecule has 0 bridgehead atoms. The first-order valence-electron chi connectivity index (χ1n) is 15.6. The van der Waals surface area contributed by atoms with E-state index in [1.165, 1.54) is 5.56 Å². The number of fused-ring (bicyclic) bond motifs is 12. The van der Waals surface area contributed by atoms with Crippen molar-refractivity contribution in [2.24, 2.45) is 0 Å². The molecule has 0 saturated carbocycles. The van der Waals surface area contributed by atoms with E-state index < -0.39 is 0 Å². The fourth-order valence-electron chi connectivity index (χ4n) is 6.92. The molecule has 4 aromatic heterocycles. The molecule has 0 aliphatic carbocycles. The van der Waals surface area contributed by atoms with Gasteiger partial charge in [-0.15, -0.1) is 12.1 Å². The zero-order valence-corrected chi connectivity index (χ0v) is 27.6. The fraction of sp³-hybridized carbons (Fsp3) is 0. The zero-order chi connectivity index (χ0) is 30.9. The first kappa shape index (κ1) is 28.5. The van der Waals surface area contributed by atoms with Gasteiger partial charge in [-0.05, 0) is 39.6 Å². The molecule has 10 rings (SSSR count). The molecular weight excluding hydrogens is 772 g/mol. The average molecular weight is 796 g/mol. The number of benzene rings is 6. The standard InChI is InChI=1S/C42H24N4O.Pt/c1-3-9-27(10-4-1)29-15-18-35-33-20-17-31(25-37(33)42-44-26-40(46(42)39(35)23-29)28-11-5-2-6-12-28)47-30-16-19-32-34-13-7-8-14-38(34)45-22-21-43-41(45)36(32)24-30;/h1-23,26H;/q-2;+2. The molecule has 0 aliphatic rings. The van der Waals surface area contributed by atoms with Gasteiger partial charge in [0, 0.05) is 41.1 Å². The van der Waals surface area contributed by atoms with Crippen LogP contribution in [0.2, 0.25) is 0 Å². The molecule has 0 atom stereocenters. The maximum absolute atomic E-state index is 6.48. The Balaban J connectivity index is 0.00000314. The first-order chi connectivity index (χ1) is 23.3. The molecule has 6 heteroatoms. The van der Waals surface area contributed by atoms with Crippen LogP contribution in [0.1, 0.15) is 0 Å². The van der Waals surface area contributed by atoms with Gasteiger partial charge in [-0.3, -0.25) is 9.97 Å². The fourth-order valence-corrected chi connectivity index (χ4v) is 6.92. The minimum atomic E-state index is 0. The number of pyridine rings is 2. The van der Waals surface area contributed by atoms with Crippen LogP contribution in [0.3, 0.4) is 0 Å². The third-order valence-electron chi connectivity index (χ3n) is 9.07. The number of hydrogen-bond donors (Lipinski definition) is 0. The topological polar surface area (TPSA) is 43.8 Å². The van der Waals surface area contributed by atoms with Gasteiger partial charge in [-0.25, -0.2) is 0 Å². The van der Waals surface area contributed by atoms with Gasteiger partial charge in [0.25, 0.3) is 0 Å². The van der Waals surface area contributed by atoms with Crippen LogP contribution in [-0.2, 0) is 21.1 Å². The van der Waals surface area contributed by atoms with Crippen molar-refractivity contribution >= 4 is 54.6 Å². The van der Waals surface area contributed by atoms with E-state index in [0.29, 0.717) is 11.5 Å². The molecule has 0 N–H and O–H groups in total. The number of hydrogen-bond acceptors (Lipinski definition) is 3. The number of imidazole rings is 2. The second kappa shape index (κ2) is 11.2. The summed E-state index contributed by atoms with van der Waals surface area (Å²) in [6.07, 6.45) is 5.77. The maximum atomic E-state index is 6.48. The summed E-state index contributed by atoms with van der Waals surface area (Å²) < 4.78 is 10.8. The molecule has 4 heterocycles. The van der Waals surface area contributed by atoms with Gasteiger partial charge in [0.15, 0.2) is 0 Å². The van der Waals surface area contributed by atoms with E-state index in [9.17, 15) is 0 Å². The number of rotatable bonds is 4. The second-order valence-electron chi connectivity index (χ2n) is 11.7. The third-order valence-corrected chi connectivity index (χ3v) is 9.07. The maximum Gasteiger partial charge on any atom is 2.00 e. The molecule has 0 aliphatic heterocycles. The molecule has 0 amide bonds. The number of nitrogens with zero attached hydrogens (tertiary/aromatic N) is 4. The Kier molecular flexibility index (Phi) is 6.63. The van der Waals surface area contributed by atoms with Crippen molar-refractivity contribution in [3.05, 3.63) is 158 Å². The molecule has 0 radical (unpaired) electrons. The Morgan fingerprint density at radius 1 is 0.521 bits per heavy atom. The molecule has 48 heavy (non-hydrogen) atoms. The molecular formula is C42H24N4OPt. The van der Waals surface area contributed by atoms with Crippen molar-refractivity contribution in [3.8, 4) is 33.9 Å². The van der Waals surface area contributed by atoms with Crippen molar-refractivity contribution in [1.82, 2.24) is 18.8 Å². The van der Waals surface area contributed by atoms with Gasteiger partial charge in [0.2, 0.25) is 0 Å². The smallest absolute Gasteiger partial charge is 0.497 e. The van der Waals surface area contributed by atoms with Gasteiger partial charge in [0.1, 0.15) is 0 Å². The van der Waals surface area contributed by atoms with Gasteiger partial charge in [0.05, 0.1) is 17.0 Å². The molecule has 10 aromatic rings. The van der Waals surface area contributed by atoms with Crippen LogP contribution in [0.25, 0.3) is 77.0 Å². The Labute approximate surface area is 290 Å². The molecule has 0 spiro atoms. The van der Waals surface area contributed by atoms with Crippen molar-refractivity contribution in [1.29, 1.82) is 0 Å². The summed E-state index contributed by atoms with van der Waals surface area (Å²) in [5.74, 6) is 1.20. The first-order valence-corrected chi connectivity index (χ1v) is 15.6. The molecule has 5 nitrogen and oxygen atoms in total. The molecule has 0 fully saturated rings. The van der Waals surface area contributed by atoms with Crippen LogP contribution in [0.5, 0.6) is 11.5 Å². The summed E-state index contributed by atoms with van der Waals surface area (Å²) in [7, 11) is 0. The molecule has 0 saturated heterocycles. The van der Waals surface area contributed by atoms with Crippen LogP contribution >= 0.6 is 0 Å². The normalized spacial score (nSPS) is 11.6. The van der Waals surface area contributed by atoms with Gasteiger partial charge in [-0.2, -0.15) is 0 Å². The predicted molar refractivity (Wildman–Crippen MR) is 189 cm³/mol. The summed E-state index contributed by atoms with van der Waals surface area (Å²) in [6.45, 7) is 0. The molecule has 6 aromatic carbocycles. The van der Waals surface area contributed by atoms with E-state index in [-0.39, 0.29) is 21.1 Å². The summed E-state index contributed by atoms with van der Waals surface area (Å²) in [5, 5.41) is 6.23. The largest absolute Gasteiger partial charge is 2.00 e. The summed E-state index contributed by atoms with van der Waals surface area (Å²) >= 11 is 0. The van der Waals surface area contributed by atoms with Crippen molar-refractivity contribution in [3.63, 3.8) is 0 Å².